The molecule has 0 unspecified atom stereocenters. The van der Waals surface area contributed by atoms with Crippen LogP contribution in [0.15, 0.2) is 168 Å². The van der Waals surface area contributed by atoms with E-state index in [9.17, 15) is 0 Å². The van der Waals surface area contributed by atoms with E-state index >= 15 is 0 Å². The first kappa shape index (κ1) is 33.0. The van der Waals surface area contributed by atoms with Crippen molar-refractivity contribution in [2.75, 3.05) is 0 Å². The average Bonchev–Trinajstić information content (AvgIpc) is 3.92. The largest absolute Gasteiger partial charge is 0.361 e. The Hall–Kier alpha value is -5.18. The number of para-hydroxylation sites is 1. The number of aryl methyl sites for hydroxylation is 1. The second-order valence-corrected chi connectivity index (χ2v) is 14.5. The summed E-state index contributed by atoms with van der Waals surface area (Å²) in [5, 5.41) is 11.6. The third-order valence-corrected chi connectivity index (χ3v) is 11.0. The van der Waals surface area contributed by atoms with Crippen molar-refractivity contribution >= 4 is 38.6 Å². The predicted octanol–water partition coefficient (Wildman–Crippen LogP) is 10.1. The van der Waals surface area contributed by atoms with Crippen LogP contribution in [0.4, 0.5) is 0 Å². The molecule has 5 aromatic carbocycles. The van der Waals surface area contributed by atoms with Gasteiger partial charge in [-0.15, -0.1) is 10.2 Å². The molecule has 8 rings (SSSR count). The summed E-state index contributed by atoms with van der Waals surface area (Å²) >= 11 is 5.35. The van der Waals surface area contributed by atoms with Crippen molar-refractivity contribution in [2.45, 2.75) is 42.3 Å². The van der Waals surface area contributed by atoms with Gasteiger partial charge in [-0.05, 0) is 58.9 Å². The van der Waals surface area contributed by atoms with Crippen LogP contribution in [0, 0.1) is 0 Å². The molecular formula is C43H37BrN6S. The third-order valence-electron chi connectivity index (χ3n) is 9.49. The van der Waals surface area contributed by atoms with Gasteiger partial charge in [0.2, 0.25) is 0 Å². The first-order valence-corrected chi connectivity index (χ1v) is 19.0. The zero-order valence-corrected chi connectivity index (χ0v) is 30.5. The molecule has 0 bridgehead atoms. The van der Waals surface area contributed by atoms with Gasteiger partial charge in [0, 0.05) is 46.5 Å². The highest BCUT2D eigenvalue weighted by molar-refractivity contribution is 9.10. The van der Waals surface area contributed by atoms with Gasteiger partial charge in [0.1, 0.15) is 11.4 Å². The maximum atomic E-state index is 5.01. The Balaban J connectivity index is 1.09. The molecule has 0 aliphatic heterocycles. The van der Waals surface area contributed by atoms with Crippen molar-refractivity contribution < 1.29 is 0 Å². The highest BCUT2D eigenvalue weighted by Crippen LogP contribution is 2.41. The number of thioether (sulfide) groups is 1. The molecule has 0 radical (unpaired) electrons. The molecule has 8 aromatic rings. The Morgan fingerprint density at radius 1 is 0.725 bits per heavy atom. The van der Waals surface area contributed by atoms with E-state index in [4.69, 9.17) is 15.2 Å². The number of fused-ring (bicyclic) bond motifs is 1. The van der Waals surface area contributed by atoms with E-state index in [1.54, 1.807) is 11.8 Å². The maximum absolute atomic E-state index is 5.01. The van der Waals surface area contributed by atoms with Gasteiger partial charge in [0.15, 0.2) is 5.16 Å². The molecule has 8 heteroatoms. The summed E-state index contributed by atoms with van der Waals surface area (Å²) in [6.45, 7) is 0.791. The molecule has 1 N–H and O–H groups in total. The van der Waals surface area contributed by atoms with Crippen LogP contribution in [0.1, 0.15) is 45.8 Å². The average molecular weight is 750 g/mol. The minimum Gasteiger partial charge on any atom is -0.361 e. The van der Waals surface area contributed by atoms with Gasteiger partial charge >= 0.3 is 0 Å². The number of imidazole rings is 1. The molecule has 0 atom stereocenters. The van der Waals surface area contributed by atoms with E-state index in [1.165, 1.54) is 33.2 Å². The third kappa shape index (κ3) is 6.81. The van der Waals surface area contributed by atoms with Crippen molar-refractivity contribution in [3.63, 3.8) is 0 Å². The SMILES string of the molecule is Brc1cccc(CSc2nnc(Cc3c[nH]c4ccccc34)n2CCCc2cn(C(c3ccccc3)(c3ccccc3)c3ccccc3)cn2)c1. The van der Waals surface area contributed by atoms with Crippen LogP contribution < -0.4 is 0 Å². The Labute approximate surface area is 310 Å². The summed E-state index contributed by atoms with van der Waals surface area (Å²) in [5.74, 6) is 1.79. The number of nitrogens with zero attached hydrogens (tertiary/aromatic N) is 5. The summed E-state index contributed by atoms with van der Waals surface area (Å²) in [5.41, 5.74) is 7.63. The van der Waals surface area contributed by atoms with Crippen LogP contribution in [-0.2, 0) is 30.7 Å². The quantitative estimate of drug-likeness (QED) is 0.0942. The maximum Gasteiger partial charge on any atom is 0.191 e. The molecule has 3 aromatic heterocycles. The van der Waals surface area contributed by atoms with Crippen molar-refractivity contribution in [1.29, 1.82) is 0 Å². The van der Waals surface area contributed by atoms with E-state index in [0.717, 1.165) is 51.8 Å². The number of halogens is 1. The van der Waals surface area contributed by atoms with Crippen molar-refractivity contribution in [1.82, 2.24) is 29.3 Å². The fraction of sp³-hybridized carbons (Fsp3) is 0.140. The van der Waals surface area contributed by atoms with Gasteiger partial charge in [-0.2, -0.15) is 0 Å². The van der Waals surface area contributed by atoms with E-state index in [-0.39, 0.29) is 0 Å². The summed E-state index contributed by atoms with van der Waals surface area (Å²) < 4.78 is 5.68. The standard InChI is InChI=1S/C43H37BrN6S/c44-37-21-12-14-32(26-37)30-51-42-48-47-41(27-33-28-45-40-24-11-10-23-39(33)40)50(42)25-13-22-38-29-49(31-46-38)43(34-15-4-1-5-16-34,35-17-6-2-7-18-35)36-19-8-3-9-20-36/h1-12,14-21,23-24,26,28-29,31,45H,13,22,25,27,30H2. The van der Waals surface area contributed by atoms with Gasteiger partial charge in [-0.3, -0.25) is 0 Å². The predicted molar refractivity (Wildman–Crippen MR) is 210 cm³/mol. The second-order valence-electron chi connectivity index (χ2n) is 12.7. The topological polar surface area (TPSA) is 64.3 Å². The van der Waals surface area contributed by atoms with Gasteiger partial charge in [-0.1, -0.05) is 149 Å². The van der Waals surface area contributed by atoms with Crippen LogP contribution in [-0.4, -0.2) is 29.3 Å². The monoisotopic (exact) mass is 748 g/mol. The lowest BCUT2D eigenvalue weighted by atomic mass is 9.77. The van der Waals surface area contributed by atoms with Gasteiger partial charge in [0.05, 0.1) is 12.0 Å². The van der Waals surface area contributed by atoms with Crippen LogP contribution in [0.2, 0.25) is 0 Å². The fourth-order valence-corrected chi connectivity index (χ4v) is 8.46. The summed E-state index contributed by atoms with van der Waals surface area (Å²) in [4.78, 5) is 8.43. The van der Waals surface area contributed by atoms with Gasteiger partial charge < -0.3 is 14.1 Å². The zero-order valence-electron chi connectivity index (χ0n) is 28.1. The van der Waals surface area contributed by atoms with Crippen molar-refractivity contribution in [3.8, 4) is 0 Å². The molecule has 0 amide bonds. The molecule has 51 heavy (non-hydrogen) atoms. The smallest absolute Gasteiger partial charge is 0.191 e. The number of benzene rings is 5. The van der Waals surface area contributed by atoms with E-state index < -0.39 is 5.54 Å². The number of aromatic nitrogens is 6. The highest BCUT2D eigenvalue weighted by Gasteiger charge is 2.38. The number of aromatic amines is 1. The lowest BCUT2D eigenvalue weighted by molar-refractivity contribution is 0.513. The van der Waals surface area contributed by atoms with Crippen LogP contribution in [0.3, 0.4) is 0 Å². The number of hydrogen-bond acceptors (Lipinski definition) is 4. The van der Waals surface area contributed by atoms with Crippen LogP contribution in [0.25, 0.3) is 10.9 Å². The van der Waals surface area contributed by atoms with E-state index in [1.807, 2.05) is 6.33 Å². The normalized spacial score (nSPS) is 11.7. The van der Waals surface area contributed by atoms with Crippen molar-refractivity contribution in [3.05, 3.63) is 202 Å². The van der Waals surface area contributed by atoms with Gasteiger partial charge in [0.25, 0.3) is 0 Å². The highest BCUT2D eigenvalue weighted by atomic mass is 79.9. The van der Waals surface area contributed by atoms with E-state index in [0.29, 0.717) is 6.42 Å². The molecule has 0 saturated heterocycles. The molecule has 3 heterocycles. The number of rotatable bonds is 13. The lowest BCUT2D eigenvalue weighted by Gasteiger charge is -2.37. The summed E-state index contributed by atoms with van der Waals surface area (Å²) in [6, 6.07) is 49.1. The molecular weight excluding hydrogens is 712 g/mol. The molecule has 0 spiro atoms. The number of H-pyrrole nitrogens is 1. The molecule has 0 aliphatic rings. The Bertz CT molecular complexity index is 2250. The molecule has 6 nitrogen and oxygen atoms in total. The second kappa shape index (κ2) is 15.0. The fourth-order valence-electron chi connectivity index (χ4n) is 7.08. The minimum absolute atomic E-state index is 0.577. The molecule has 0 aliphatic carbocycles. The molecule has 0 fully saturated rings. The van der Waals surface area contributed by atoms with Gasteiger partial charge in [-0.25, -0.2) is 4.98 Å². The minimum atomic E-state index is -0.577. The Morgan fingerprint density at radius 2 is 1.39 bits per heavy atom. The van der Waals surface area contributed by atoms with Crippen molar-refractivity contribution in [2.24, 2.45) is 0 Å². The molecule has 252 valence electrons. The zero-order chi connectivity index (χ0) is 34.5. The molecule has 0 saturated carbocycles. The summed E-state index contributed by atoms with van der Waals surface area (Å²) in [6.07, 6.45) is 8.76. The van der Waals surface area contributed by atoms with Crippen LogP contribution in [0.5, 0.6) is 0 Å². The number of nitrogens with one attached hydrogen (secondary N) is 1. The van der Waals surface area contributed by atoms with Crippen LogP contribution >= 0.6 is 27.7 Å². The number of hydrogen-bond donors (Lipinski definition) is 1. The first-order valence-electron chi connectivity index (χ1n) is 17.2. The Kier molecular flexibility index (Phi) is 9.68. The lowest BCUT2D eigenvalue weighted by Crippen LogP contribution is -2.36. The Morgan fingerprint density at radius 3 is 2.08 bits per heavy atom. The van der Waals surface area contributed by atoms with E-state index in [2.05, 4.69) is 182 Å². The summed E-state index contributed by atoms with van der Waals surface area (Å²) in [7, 11) is 0. The first-order chi connectivity index (χ1) is 25.2.